The Balaban J connectivity index is 0.00000210. The van der Waals surface area contributed by atoms with Gasteiger partial charge in [0, 0.05) is 17.5 Å². The van der Waals surface area contributed by atoms with Crippen molar-refractivity contribution < 1.29 is 61.7 Å². The molecule has 1 N–H and O–H groups in total. The van der Waals surface area contributed by atoms with Crippen molar-refractivity contribution in [1.29, 1.82) is 0 Å². The van der Waals surface area contributed by atoms with Gasteiger partial charge in [0.05, 0.1) is 11.4 Å². The third-order valence-corrected chi connectivity index (χ3v) is 6.27. The summed E-state index contributed by atoms with van der Waals surface area (Å²) < 4.78 is 19.7. The van der Waals surface area contributed by atoms with E-state index in [2.05, 4.69) is 21.6 Å². The molecule has 2 heterocycles. The summed E-state index contributed by atoms with van der Waals surface area (Å²) in [6, 6.07) is 21.4. The van der Waals surface area contributed by atoms with Gasteiger partial charge in [-0.05, 0) is 54.3 Å². The van der Waals surface area contributed by atoms with Crippen LogP contribution in [0.2, 0.25) is 0 Å². The van der Waals surface area contributed by atoms with Crippen molar-refractivity contribution in [2.24, 2.45) is 0 Å². The summed E-state index contributed by atoms with van der Waals surface area (Å²) in [5.74, 6) is -0.0366. The van der Waals surface area contributed by atoms with Crippen LogP contribution in [0, 0.1) is 12.7 Å². The Labute approximate surface area is 262 Å². The van der Waals surface area contributed by atoms with E-state index in [0.717, 1.165) is 34.4 Å². The Morgan fingerprint density at radius 1 is 0.974 bits per heavy atom. The van der Waals surface area contributed by atoms with E-state index in [1.807, 2.05) is 48.5 Å². The molecule has 0 radical (unpaired) electrons. The quantitative estimate of drug-likeness (QED) is 0.323. The molecule has 0 saturated carbocycles. The number of aromatic amines is 1. The van der Waals surface area contributed by atoms with E-state index in [9.17, 15) is 14.0 Å². The second kappa shape index (κ2) is 12.3. The van der Waals surface area contributed by atoms with Crippen LogP contribution < -0.4 is 62.7 Å². The standard InChI is InChI=1S/C29H25FN4O3.K.H/c1-3-6-26-25(28(35)34(18(2)31-26)22-15-13-21(30)14-16-22)17-19-9-11-20(12-10-19)23-7-4-5-8-24(23)27-32-29(36)37-33-27;;/h4-5,7-16H,3,6,17H2,1-2H3,(H,32,33,36);;/q;+1;-1. The van der Waals surface area contributed by atoms with E-state index >= 15 is 0 Å². The fourth-order valence-corrected chi connectivity index (χ4v) is 4.53. The normalized spacial score (nSPS) is 10.8. The molecule has 0 atom stereocenters. The minimum absolute atomic E-state index is 0. The van der Waals surface area contributed by atoms with Gasteiger partial charge >= 0.3 is 57.1 Å². The number of hydrogen-bond acceptors (Lipinski definition) is 5. The van der Waals surface area contributed by atoms with Crippen LogP contribution in [-0.4, -0.2) is 19.7 Å². The van der Waals surface area contributed by atoms with E-state index in [1.165, 1.54) is 16.7 Å². The number of rotatable bonds is 7. The van der Waals surface area contributed by atoms with E-state index in [1.54, 1.807) is 19.1 Å². The van der Waals surface area contributed by atoms with Crippen LogP contribution in [0.3, 0.4) is 0 Å². The van der Waals surface area contributed by atoms with E-state index < -0.39 is 5.76 Å². The molecular formula is C29H26FKN4O3. The molecule has 0 aliphatic carbocycles. The summed E-state index contributed by atoms with van der Waals surface area (Å²) >= 11 is 0. The fraction of sp³-hybridized carbons (Fsp3) is 0.172. The zero-order valence-electron chi connectivity index (χ0n) is 22.5. The van der Waals surface area contributed by atoms with Gasteiger partial charge in [-0.1, -0.05) is 67.0 Å². The van der Waals surface area contributed by atoms with E-state index in [-0.39, 0.29) is 64.2 Å². The van der Waals surface area contributed by atoms with Gasteiger partial charge in [0.25, 0.3) is 5.56 Å². The molecule has 5 rings (SSSR count). The van der Waals surface area contributed by atoms with Crippen molar-refractivity contribution in [3.8, 4) is 28.2 Å². The molecule has 3 aromatic carbocycles. The summed E-state index contributed by atoms with van der Waals surface area (Å²) in [4.78, 5) is 32.5. The minimum atomic E-state index is -0.610. The van der Waals surface area contributed by atoms with Gasteiger partial charge in [0.1, 0.15) is 11.6 Å². The summed E-state index contributed by atoms with van der Waals surface area (Å²) in [5, 5.41) is 3.82. The van der Waals surface area contributed by atoms with Crippen LogP contribution >= 0.6 is 0 Å². The first-order chi connectivity index (χ1) is 17.9. The SMILES string of the molecule is CCCc1nc(C)n(-c2ccc(F)cc2)c(=O)c1Cc1ccc(-c2ccccc2-c2noc(=O)[nH]2)cc1.[H-].[K+]. The van der Waals surface area contributed by atoms with E-state index in [4.69, 9.17) is 4.98 Å². The first-order valence-electron chi connectivity index (χ1n) is 12.1. The van der Waals surface area contributed by atoms with Crippen molar-refractivity contribution in [2.45, 2.75) is 33.1 Å². The number of aryl methyl sites for hydroxylation is 2. The molecule has 5 aromatic rings. The van der Waals surface area contributed by atoms with Crippen molar-refractivity contribution in [3.05, 3.63) is 122 Å². The number of halogens is 1. The molecule has 0 aliphatic rings. The molecular weight excluding hydrogens is 510 g/mol. The molecule has 0 unspecified atom stereocenters. The monoisotopic (exact) mass is 536 g/mol. The zero-order chi connectivity index (χ0) is 25.9. The van der Waals surface area contributed by atoms with Gasteiger partial charge in [-0.3, -0.25) is 18.9 Å². The summed E-state index contributed by atoms with van der Waals surface area (Å²) in [6.07, 6.45) is 1.97. The molecule has 188 valence electrons. The maximum absolute atomic E-state index is 13.7. The minimum Gasteiger partial charge on any atom is -1.00 e. The summed E-state index contributed by atoms with van der Waals surface area (Å²) in [7, 11) is 0. The van der Waals surface area contributed by atoms with Crippen LogP contribution in [0.4, 0.5) is 4.39 Å². The number of aromatic nitrogens is 4. The Bertz CT molecular complexity index is 1680. The topological polar surface area (TPSA) is 93.8 Å². The predicted molar refractivity (Wildman–Crippen MR) is 140 cm³/mol. The molecule has 0 aliphatic heterocycles. The summed E-state index contributed by atoms with van der Waals surface area (Å²) in [6.45, 7) is 3.85. The third kappa shape index (κ3) is 5.87. The Hall–Kier alpha value is -2.95. The van der Waals surface area contributed by atoms with Crippen LogP contribution in [0.1, 0.15) is 37.4 Å². The van der Waals surface area contributed by atoms with Gasteiger partial charge in [0.15, 0.2) is 5.82 Å². The predicted octanol–water partition coefficient (Wildman–Crippen LogP) is 2.35. The van der Waals surface area contributed by atoms with Crippen molar-refractivity contribution in [2.75, 3.05) is 0 Å². The Morgan fingerprint density at radius 3 is 2.29 bits per heavy atom. The summed E-state index contributed by atoms with van der Waals surface area (Å²) in [5.41, 5.74) is 5.38. The van der Waals surface area contributed by atoms with Gasteiger partial charge in [-0.15, -0.1) is 0 Å². The molecule has 0 saturated heterocycles. The largest absolute Gasteiger partial charge is 1.00 e. The van der Waals surface area contributed by atoms with Crippen LogP contribution in [0.25, 0.3) is 28.2 Å². The van der Waals surface area contributed by atoms with Crippen LogP contribution in [-0.2, 0) is 12.8 Å². The van der Waals surface area contributed by atoms with Crippen molar-refractivity contribution in [3.63, 3.8) is 0 Å². The number of hydrogen-bond donors (Lipinski definition) is 1. The van der Waals surface area contributed by atoms with Gasteiger partial charge in [-0.2, -0.15) is 0 Å². The number of nitrogens with one attached hydrogen (secondary N) is 1. The molecule has 0 bridgehead atoms. The van der Waals surface area contributed by atoms with Gasteiger partial charge in [0.2, 0.25) is 0 Å². The van der Waals surface area contributed by atoms with Crippen molar-refractivity contribution >= 4 is 0 Å². The molecule has 7 nitrogen and oxygen atoms in total. The molecule has 0 amide bonds. The molecule has 0 fully saturated rings. The maximum Gasteiger partial charge on any atom is 1.00 e. The first-order valence-corrected chi connectivity index (χ1v) is 12.1. The molecule has 38 heavy (non-hydrogen) atoms. The molecule has 2 aromatic heterocycles. The smallest absolute Gasteiger partial charge is 1.00 e. The van der Waals surface area contributed by atoms with Crippen LogP contribution in [0.5, 0.6) is 0 Å². The fourth-order valence-electron chi connectivity index (χ4n) is 4.53. The second-order valence-electron chi connectivity index (χ2n) is 8.81. The maximum atomic E-state index is 13.7. The second-order valence-corrected chi connectivity index (χ2v) is 8.81. The van der Waals surface area contributed by atoms with Gasteiger partial charge < -0.3 is 1.43 Å². The molecule has 0 spiro atoms. The first kappa shape index (κ1) is 28.1. The Kier molecular flexibility index (Phi) is 9.06. The Morgan fingerprint density at radius 2 is 1.66 bits per heavy atom. The van der Waals surface area contributed by atoms with Crippen molar-refractivity contribution in [1.82, 2.24) is 19.7 Å². The number of H-pyrrole nitrogens is 1. The zero-order valence-corrected chi connectivity index (χ0v) is 24.6. The van der Waals surface area contributed by atoms with Crippen LogP contribution in [0.15, 0.2) is 86.9 Å². The third-order valence-electron chi connectivity index (χ3n) is 6.27. The molecule has 9 heteroatoms. The number of nitrogens with zero attached hydrogens (tertiary/aromatic N) is 3. The number of benzene rings is 3. The van der Waals surface area contributed by atoms with E-state index in [0.29, 0.717) is 35.7 Å². The van der Waals surface area contributed by atoms with Gasteiger partial charge in [-0.25, -0.2) is 14.2 Å². The average Bonchev–Trinajstić information content (AvgIpc) is 3.34. The average molecular weight is 537 g/mol.